The van der Waals surface area contributed by atoms with E-state index >= 15 is 0 Å². The summed E-state index contributed by atoms with van der Waals surface area (Å²) in [6.07, 6.45) is 0. The molecule has 6 heteroatoms. The summed E-state index contributed by atoms with van der Waals surface area (Å²) in [5, 5.41) is 0. The molecule has 0 aromatic heterocycles. The molecule has 2 aromatic carbocycles. The van der Waals surface area contributed by atoms with Crippen LogP contribution in [0.3, 0.4) is 0 Å². The number of anilines is 1. The molecule has 0 saturated carbocycles. The summed E-state index contributed by atoms with van der Waals surface area (Å²) < 4.78 is 13.4. The Morgan fingerprint density at radius 1 is 0.793 bits per heavy atom. The molecule has 2 heterocycles. The number of imide groups is 1. The van der Waals surface area contributed by atoms with E-state index in [0.29, 0.717) is 29.9 Å². The fourth-order valence-electron chi connectivity index (χ4n) is 4.00. The van der Waals surface area contributed by atoms with Gasteiger partial charge in [-0.3, -0.25) is 14.5 Å². The molecule has 0 aliphatic carbocycles. The molecule has 5 nitrogen and oxygen atoms in total. The number of nitrogens with zero attached hydrogens (tertiary/aromatic N) is 3. The van der Waals surface area contributed by atoms with Gasteiger partial charge in [-0.1, -0.05) is 30.3 Å². The van der Waals surface area contributed by atoms with E-state index in [9.17, 15) is 14.0 Å². The van der Waals surface area contributed by atoms with Crippen LogP contribution in [-0.4, -0.2) is 53.8 Å². The molecule has 1 saturated heterocycles. The normalized spacial score (nSPS) is 17.7. The Morgan fingerprint density at radius 2 is 1.38 bits per heavy atom. The minimum Gasteiger partial charge on any atom is -0.368 e. The second-order valence-corrected chi connectivity index (χ2v) is 7.61. The number of carbonyl (C=O) groups excluding carboxylic acids is 2. The van der Waals surface area contributed by atoms with Crippen molar-refractivity contribution in [3.05, 3.63) is 71.7 Å². The minimum absolute atomic E-state index is 0.242. The van der Waals surface area contributed by atoms with Gasteiger partial charge in [-0.15, -0.1) is 0 Å². The van der Waals surface area contributed by atoms with E-state index in [1.165, 1.54) is 17.0 Å². The van der Waals surface area contributed by atoms with Gasteiger partial charge in [0.05, 0.1) is 5.57 Å². The lowest BCUT2D eigenvalue weighted by atomic mass is 10.0. The Kier molecular flexibility index (Phi) is 5.09. The molecule has 2 aliphatic rings. The second-order valence-electron chi connectivity index (χ2n) is 7.61. The fraction of sp³-hybridized carbons (Fsp3) is 0.304. The minimum atomic E-state index is -0.370. The van der Waals surface area contributed by atoms with E-state index in [2.05, 4.69) is 17.0 Å². The average molecular weight is 393 g/mol. The first-order valence-electron chi connectivity index (χ1n) is 9.90. The maximum absolute atomic E-state index is 13.4. The van der Waals surface area contributed by atoms with Crippen LogP contribution in [0.1, 0.15) is 19.4 Å². The number of benzene rings is 2. The number of amides is 2. The average Bonchev–Trinajstić information content (AvgIpc) is 2.99. The summed E-state index contributed by atoms with van der Waals surface area (Å²) in [5.41, 5.74) is 2.53. The van der Waals surface area contributed by atoms with Crippen LogP contribution in [0.15, 0.2) is 60.3 Å². The Hall–Kier alpha value is -3.15. The van der Waals surface area contributed by atoms with E-state index in [1.807, 2.05) is 36.9 Å². The maximum atomic E-state index is 13.4. The highest BCUT2D eigenvalue weighted by atomic mass is 19.1. The van der Waals surface area contributed by atoms with Crippen LogP contribution in [0, 0.1) is 5.82 Å². The Balaban J connectivity index is 1.66. The van der Waals surface area contributed by atoms with Crippen molar-refractivity contribution in [2.24, 2.45) is 0 Å². The molecule has 150 valence electrons. The monoisotopic (exact) mass is 393 g/mol. The largest absolute Gasteiger partial charge is 0.368 e. The van der Waals surface area contributed by atoms with Crippen LogP contribution >= 0.6 is 0 Å². The summed E-state index contributed by atoms with van der Waals surface area (Å²) >= 11 is 0. The third-order valence-electron chi connectivity index (χ3n) is 5.46. The number of hydrogen-bond donors (Lipinski definition) is 0. The number of rotatable bonds is 4. The Morgan fingerprint density at radius 3 is 1.97 bits per heavy atom. The van der Waals surface area contributed by atoms with Crippen molar-refractivity contribution in [1.29, 1.82) is 0 Å². The van der Waals surface area contributed by atoms with Crippen molar-refractivity contribution in [2.45, 2.75) is 19.9 Å². The van der Waals surface area contributed by atoms with Crippen molar-refractivity contribution >= 4 is 23.1 Å². The van der Waals surface area contributed by atoms with Crippen molar-refractivity contribution < 1.29 is 14.0 Å². The number of hydrogen-bond acceptors (Lipinski definition) is 4. The summed E-state index contributed by atoms with van der Waals surface area (Å²) in [6, 6.07) is 15.7. The Labute approximate surface area is 170 Å². The number of para-hydroxylation sites is 1. The highest BCUT2D eigenvalue weighted by Crippen LogP contribution is 2.33. The van der Waals surface area contributed by atoms with Gasteiger partial charge in [-0.25, -0.2) is 4.39 Å². The Bertz CT molecular complexity index is 946. The number of halogens is 1. The van der Waals surface area contributed by atoms with Gasteiger partial charge in [0.25, 0.3) is 11.8 Å². The van der Waals surface area contributed by atoms with Gasteiger partial charge in [0, 0.05) is 37.9 Å². The van der Waals surface area contributed by atoms with Crippen LogP contribution < -0.4 is 4.90 Å². The topological polar surface area (TPSA) is 43.9 Å². The van der Waals surface area contributed by atoms with Gasteiger partial charge in [0.15, 0.2) is 0 Å². The van der Waals surface area contributed by atoms with E-state index in [0.717, 1.165) is 18.8 Å². The third kappa shape index (κ3) is 3.50. The maximum Gasteiger partial charge on any atom is 0.278 e. The molecule has 0 bridgehead atoms. The summed E-state index contributed by atoms with van der Waals surface area (Å²) in [4.78, 5) is 31.9. The summed E-state index contributed by atoms with van der Waals surface area (Å²) in [6.45, 7) is 6.45. The lowest BCUT2D eigenvalue weighted by Gasteiger charge is -2.37. The predicted molar refractivity (Wildman–Crippen MR) is 111 cm³/mol. The van der Waals surface area contributed by atoms with Crippen LogP contribution in [-0.2, 0) is 9.59 Å². The molecule has 0 unspecified atom stereocenters. The van der Waals surface area contributed by atoms with Gasteiger partial charge in [0.1, 0.15) is 11.5 Å². The molecule has 2 amide bonds. The highest BCUT2D eigenvalue weighted by molar-refractivity contribution is 6.35. The van der Waals surface area contributed by atoms with Gasteiger partial charge in [0.2, 0.25) is 0 Å². The van der Waals surface area contributed by atoms with Gasteiger partial charge < -0.3 is 9.80 Å². The molecular formula is C23H24FN3O2. The van der Waals surface area contributed by atoms with E-state index in [4.69, 9.17) is 0 Å². The van der Waals surface area contributed by atoms with Crippen molar-refractivity contribution in [3.8, 4) is 0 Å². The third-order valence-corrected chi connectivity index (χ3v) is 5.46. The molecule has 1 fully saturated rings. The first-order chi connectivity index (χ1) is 14.0. The van der Waals surface area contributed by atoms with Crippen LogP contribution in [0.4, 0.5) is 10.1 Å². The van der Waals surface area contributed by atoms with Gasteiger partial charge in [-0.05, 0) is 43.7 Å². The first kappa shape index (κ1) is 19.2. The summed E-state index contributed by atoms with van der Waals surface area (Å²) in [5.74, 6) is -0.945. The smallest absolute Gasteiger partial charge is 0.278 e. The fourth-order valence-corrected chi connectivity index (χ4v) is 4.00. The SMILES string of the molecule is CC(C)N1C(=O)C(c2ccc(F)cc2)=C(N2CCN(c3ccccc3)CC2)C1=O. The predicted octanol–water partition coefficient (Wildman–Crippen LogP) is 3.14. The standard InChI is InChI=1S/C23H24FN3O2/c1-16(2)27-22(28)20(17-8-10-18(24)11-9-17)21(23(27)29)26-14-12-25(13-15-26)19-6-4-3-5-7-19/h3-11,16H,12-15H2,1-2H3. The molecule has 0 spiro atoms. The van der Waals surface area contributed by atoms with Gasteiger partial charge in [-0.2, -0.15) is 0 Å². The molecule has 2 aromatic rings. The molecule has 0 N–H and O–H groups in total. The van der Waals surface area contributed by atoms with E-state index in [1.54, 1.807) is 12.1 Å². The number of piperazine rings is 1. The second kappa shape index (κ2) is 7.70. The molecule has 4 rings (SSSR count). The van der Waals surface area contributed by atoms with E-state index in [-0.39, 0.29) is 23.7 Å². The van der Waals surface area contributed by atoms with Gasteiger partial charge >= 0.3 is 0 Å². The summed E-state index contributed by atoms with van der Waals surface area (Å²) in [7, 11) is 0. The van der Waals surface area contributed by atoms with Crippen LogP contribution in [0.25, 0.3) is 5.57 Å². The lowest BCUT2D eigenvalue weighted by molar-refractivity contribution is -0.139. The quantitative estimate of drug-likeness (QED) is 0.749. The molecule has 0 atom stereocenters. The van der Waals surface area contributed by atoms with Crippen LogP contribution in [0.2, 0.25) is 0 Å². The zero-order valence-electron chi connectivity index (χ0n) is 16.6. The molecule has 29 heavy (non-hydrogen) atoms. The first-order valence-corrected chi connectivity index (χ1v) is 9.90. The van der Waals surface area contributed by atoms with Crippen LogP contribution in [0.5, 0.6) is 0 Å². The number of carbonyl (C=O) groups is 2. The zero-order chi connectivity index (χ0) is 20.5. The van der Waals surface area contributed by atoms with Crippen molar-refractivity contribution in [3.63, 3.8) is 0 Å². The highest BCUT2D eigenvalue weighted by Gasteiger charge is 2.43. The lowest BCUT2D eigenvalue weighted by Crippen LogP contribution is -2.48. The molecule has 0 radical (unpaired) electrons. The zero-order valence-corrected chi connectivity index (χ0v) is 16.6. The molecule has 2 aliphatic heterocycles. The van der Waals surface area contributed by atoms with E-state index < -0.39 is 0 Å². The van der Waals surface area contributed by atoms with Crippen molar-refractivity contribution in [1.82, 2.24) is 9.80 Å². The van der Waals surface area contributed by atoms with Crippen molar-refractivity contribution in [2.75, 3.05) is 31.1 Å². The molecular weight excluding hydrogens is 369 g/mol.